The third kappa shape index (κ3) is 4.33. The van der Waals surface area contributed by atoms with Gasteiger partial charge in [-0.15, -0.1) is 0 Å². The second kappa shape index (κ2) is 6.03. The van der Waals surface area contributed by atoms with Gasteiger partial charge in [0.1, 0.15) is 0 Å². The fourth-order valence-corrected chi connectivity index (χ4v) is 2.73. The van der Waals surface area contributed by atoms with Crippen LogP contribution in [0.15, 0.2) is 24.3 Å². The molecule has 3 N–H and O–H groups in total. The second-order valence-electron chi connectivity index (χ2n) is 5.10. The molecule has 0 unspecified atom stereocenters. The van der Waals surface area contributed by atoms with Gasteiger partial charge < -0.3 is 5.73 Å². The van der Waals surface area contributed by atoms with Gasteiger partial charge in [0, 0.05) is 6.54 Å². The highest BCUT2D eigenvalue weighted by Gasteiger charge is 2.27. The van der Waals surface area contributed by atoms with Crippen molar-refractivity contribution in [1.82, 2.24) is 4.72 Å². The number of hydrogen-bond donors (Lipinski definition) is 2. The number of rotatable bonds is 6. The summed E-state index contributed by atoms with van der Waals surface area (Å²) in [5, 5.41) is 8.92. The predicted molar refractivity (Wildman–Crippen MR) is 74.8 cm³/mol. The summed E-state index contributed by atoms with van der Waals surface area (Å²) in [7, 11) is -3.64. The van der Waals surface area contributed by atoms with Gasteiger partial charge in [-0.25, -0.2) is 13.1 Å². The maximum Gasteiger partial charge on any atom is 0.224 e. The van der Waals surface area contributed by atoms with Crippen LogP contribution in [0, 0.1) is 16.7 Å². The molecule has 0 aliphatic carbocycles. The van der Waals surface area contributed by atoms with Crippen LogP contribution in [-0.2, 0) is 20.6 Å². The second-order valence-corrected chi connectivity index (χ2v) is 6.90. The van der Waals surface area contributed by atoms with Crippen molar-refractivity contribution in [3.8, 4) is 6.07 Å². The lowest BCUT2D eigenvalue weighted by Crippen LogP contribution is -2.42. The third-order valence-electron chi connectivity index (χ3n) is 2.88. The topological polar surface area (TPSA) is 113 Å². The van der Waals surface area contributed by atoms with Crippen LogP contribution in [0.4, 0.5) is 0 Å². The summed E-state index contributed by atoms with van der Waals surface area (Å²) in [5.41, 5.74) is 4.94. The standard InChI is InChI=1S/C13H17N3O3S/c1-13(2,12(15)17)9-16-20(18,19)8-11-6-4-3-5-10(11)7-14/h3-6,16H,8-9H2,1-2H3,(H2,15,17). The Balaban J connectivity index is 2.82. The molecule has 0 aliphatic heterocycles. The van der Waals surface area contributed by atoms with Crippen LogP contribution in [0.3, 0.4) is 0 Å². The number of primary amides is 1. The quantitative estimate of drug-likeness (QED) is 0.795. The van der Waals surface area contributed by atoms with Gasteiger partial charge in [-0.1, -0.05) is 18.2 Å². The lowest BCUT2D eigenvalue weighted by atomic mass is 9.93. The predicted octanol–water partition coefficient (Wildman–Crippen LogP) is 0.489. The molecule has 0 heterocycles. The number of sulfonamides is 1. The van der Waals surface area contributed by atoms with Crippen molar-refractivity contribution in [2.75, 3.05) is 6.54 Å². The fraction of sp³-hybridized carbons (Fsp3) is 0.385. The largest absolute Gasteiger partial charge is 0.369 e. The number of nitrogens with zero attached hydrogens (tertiary/aromatic N) is 1. The van der Waals surface area contributed by atoms with Gasteiger partial charge in [0.05, 0.1) is 22.8 Å². The van der Waals surface area contributed by atoms with Gasteiger partial charge >= 0.3 is 0 Å². The van der Waals surface area contributed by atoms with Crippen molar-refractivity contribution >= 4 is 15.9 Å². The van der Waals surface area contributed by atoms with Crippen molar-refractivity contribution in [1.29, 1.82) is 5.26 Å². The molecule has 0 bridgehead atoms. The number of carbonyl (C=O) groups excluding carboxylic acids is 1. The van der Waals surface area contributed by atoms with Crippen molar-refractivity contribution in [2.24, 2.45) is 11.1 Å². The highest BCUT2D eigenvalue weighted by atomic mass is 32.2. The Hall–Kier alpha value is -1.91. The van der Waals surface area contributed by atoms with Gasteiger partial charge in [-0.3, -0.25) is 4.79 Å². The van der Waals surface area contributed by atoms with E-state index in [1.165, 1.54) is 0 Å². The minimum atomic E-state index is -3.64. The molecule has 1 aromatic carbocycles. The van der Waals surface area contributed by atoms with Gasteiger partial charge in [-0.2, -0.15) is 5.26 Å². The minimum Gasteiger partial charge on any atom is -0.369 e. The number of nitrogens with one attached hydrogen (secondary N) is 1. The van der Waals surface area contributed by atoms with Crippen LogP contribution in [0.25, 0.3) is 0 Å². The first kappa shape index (κ1) is 16.1. The Bertz CT molecular complexity index is 645. The van der Waals surface area contributed by atoms with E-state index >= 15 is 0 Å². The molecular weight excluding hydrogens is 278 g/mol. The van der Waals surface area contributed by atoms with Gasteiger partial charge in [-0.05, 0) is 25.5 Å². The van der Waals surface area contributed by atoms with E-state index in [-0.39, 0.29) is 12.3 Å². The number of hydrogen-bond acceptors (Lipinski definition) is 4. The first-order valence-corrected chi connectivity index (χ1v) is 7.58. The van der Waals surface area contributed by atoms with E-state index in [1.54, 1.807) is 38.1 Å². The van der Waals surface area contributed by atoms with Crippen LogP contribution < -0.4 is 10.5 Å². The molecule has 0 aromatic heterocycles. The summed E-state index contributed by atoms with van der Waals surface area (Å²) >= 11 is 0. The zero-order valence-corrected chi connectivity index (χ0v) is 12.2. The van der Waals surface area contributed by atoms with Crippen molar-refractivity contribution in [3.05, 3.63) is 35.4 Å². The highest BCUT2D eigenvalue weighted by Crippen LogP contribution is 2.15. The number of carbonyl (C=O) groups is 1. The van der Waals surface area contributed by atoms with Gasteiger partial charge in [0.25, 0.3) is 0 Å². The van der Waals surface area contributed by atoms with E-state index in [9.17, 15) is 13.2 Å². The summed E-state index contributed by atoms with van der Waals surface area (Å²) in [6, 6.07) is 8.41. The number of benzene rings is 1. The smallest absolute Gasteiger partial charge is 0.224 e. The van der Waals surface area contributed by atoms with E-state index in [0.29, 0.717) is 11.1 Å². The molecule has 1 rings (SSSR count). The molecule has 6 nitrogen and oxygen atoms in total. The lowest BCUT2D eigenvalue weighted by Gasteiger charge is -2.20. The average Bonchev–Trinajstić information content (AvgIpc) is 2.37. The molecule has 20 heavy (non-hydrogen) atoms. The molecule has 0 fully saturated rings. The van der Waals surface area contributed by atoms with Crippen LogP contribution in [0.5, 0.6) is 0 Å². The van der Waals surface area contributed by atoms with E-state index in [1.807, 2.05) is 6.07 Å². The molecule has 7 heteroatoms. The van der Waals surface area contributed by atoms with Gasteiger partial charge in [0.15, 0.2) is 0 Å². The first-order chi connectivity index (χ1) is 9.18. The molecular formula is C13H17N3O3S. The summed E-state index contributed by atoms with van der Waals surface area (Å²) < 4.78 is 26.3. The Morgan fingerprint density at radius 3 is 2.55 bits per heavy atom. The minimum absolute atomic E-state index is 0.0839. The van der Waals surface area contributed by atoms with Crippen LogP contribution in [-0.4, -0.2) is 20.9 Å². The molecule has 0 spiro atoms. The van der Waals surface area contributed by atoms with Crippen molar-refractivity contribution < 1.29 is 13.2 Å². The SMILES string of the molecule is CC(C)(CNS(=O)(=O)Cc1ccccc1C#N)C(N)=O. The molecule has 0 saturated carbocycles. The Morgan fingerprint density at radius 2 is 2.00 bits per heavy atom. The lowest BCUT2D eigenvalue weighted by molar-refractivity contribution is -0.125. The van der Waals surface area contributed by atoms with E-state index in [4.69, 9.17) is 11.0 Å². The summed E-state index contributed by atoms with van der Waals surface area (Å²) in [6.45, 7) is 3.03. The number of nitrogens with two attached hydrogens (primary N) is 1. The average molecular weight is 295 g/mol. The molecule has 0 radical (unpaired) electrons. The molecule has 0 saturated heterocycles. The van der Waals surface area contributed by atoms with Gasteiger partial charge in [0.2, 0.25) is 15.9 Å². The first-order valence-electron chi connectivity index (χ1n) is 5.93. The molecule has 0 aliphatic rings. The van der Waals surface area contributed by atoms with E-state index in [2.05, 4.69) is 4.72 Å². The maximum atomic E-state index is 12.0. The fourth-order valence-electron chi connectivity index (χ4n) is 1.39. The molecule has 0 atom stereocenters. The van der Waals surface area contributed by atoms with E-state index in [0.717, 1.165) is 0 Å². The van der Waals surface area contributed by atoms with Crippen LogP contribution >= 0.6 is 0 Å². The monoisotopic (exact) mass is 295 g/mol. The normalized spacial score (nSPS) is 11.8. The molecule has 1 amide bonds. The molecule has 108 valence electrons. The zero-order valence-electron chi connectivity index (χ0n) is 11.4. The van der Waals surface area contributed by atoms with Crippen molar-refractivity contribution in [3.63, 3.8) is 0 Å². The van der Waals surface area contributed by atoms with Crippen molar-refractivity contribution in [2.45, 2.75) is 19.6 Å². The Morgan fingerprint density at radius 1 is 1.40 bits per heavy atom. The van der Waals surface area contributed by atoms with E-state index < -0.39 is 21.3 Å². The number of nitriles is 1. The third-order valence-corrected chi connectivity index (χ3v) is 4.16. The van der Waals surface area contributed by atoms with Crippen LogP contribution in [0.1, 0.15) is 25.0 Å². The summed E-state index contributed by atoms with van der Waals surface area (Å²) in [6.07, 6.45) is 0. The Labute approximate surface area is 118 Å². The highest BCUT2D eigenvalue weighted by molar-refractivity contribution is 7.88. The summed E-state index contributed by atoms with van der Waals surface area (Å²) in [5.74, 6) is -0.899. The molecule has 1 aromatic rings. The number of amides is 1. The van der Waals surface area contributed by atoms with Crippen LogP contribution in [0.2, 0.25) is 0 Å². The maximum absolute atomic E-state index is 12.0. The Kier molecular flexibility index (Phi) is 4.87. The summed E-state index contributed by atoms with van der Waals surface area (Å²) in [4.78, 5) is 11.1. The zero-order chi connectivity index (χ0) is 15.4.